The second kappa shape index (κ2) is 7.77. The van der Waals surface area contributed by atoms with Crippen molar-refractivity contribution < 1.29 is 9.53 Å². The van der Waals surface area contributed by atoms with Gasteiger partial charge in [-0.1, -0.05) is 38.1 Å². The molecule has 0 spiro atoms. The van der Waals surface area contributed by atoms with Crippen LogP contribution in [0.2, 0.25) is 0 Å². The van der Waals surface area contributed by atoms with Gasteiger partial charge in [-0.25, -0.2) is 4.79 Å². The van der Waals surface area contributed by atoms with E-state index < -0.39 is 0 Å². The summed E-state index contributed by atoms with van der Waals surface area (Å²) in [6.07, 6.45) is 3.61. The van der Waals surface area contributed by atoms with Crippen molar-refractivity contribution in [3.8, 4) is 5.75 Å². The van der Waals surface area contributed by atoms with Crippen LogP contribution in [0.25, 0.3) is 0 Å². The first-order valence-electron chi connectivity index (χ1n) is 9.14. The summed E-state index contributed by atoms with van der Waals surface area (Å²) in [7, 11) is 0. The van der Waals surface area contributed by atoms with Crippen LogP contribution >= 0.6 is 0 Å². The lowest BCUT2D eigenvalue weighted by atomic mass is 9.97. The molecule has 1 fully saturated rings. The molecule has 2 heterocycles. The highest BCUT2D eigenvalue weighted by molar-refractivity contribution is 5.75. The molecular formula is C21H27N3O2. The number of benzene rings is 1. The minimum atomic E-state index is -0.0473. The van der Waals surface area contributed by atoms with Crippen LogP contribution in [0.5, 0.6) is 5.75 Å². The van der Waals surface area contributed by atoms with Gasteiger partial charge in [-0.05, 0) is 42.5 Å². The number of hydrogen-bond acceptors (Lipinski definition) is 3. The molecule has 1 saturated heterocycles. The van der Waals surface area contributed by atoms with E-state index in [1.165, 1.54) is 0 Å². The van der Waals surface area contributed by atoms with Crippen molar-refractivity contribution in [2.45, 2.75) is 39.8 Å². The lowest BCUT2D eigenvalue weighted by Gasteiger charge is -2.40. The second-order valence-corrected chi connectivity index (χ2v) is 7.32. The number of nitrogens with one attached hydrogen (secondary N) is 1. The van der Waals surface area contributed by atoms with Gasteiger partial charge in [-0.2, -0.15) is 0 Å². The molecule has 1 aromatic heterocycles. The Morgan fingerprint density at radius 2 is 1.88 bits per heavy atom. The molecule has 5 heteroatoms. The monoisotopic (exact) mass is 353 g/mol. The fraction of sp³-hybridized carbons (Fsp3) is 0.429. The fourth-order valence-electron chi connectivity index (χ4n) is 3.25. The molecule has 2 aromatic rings. The van der Waals surface area contributed by atoms with Gasteiger partial charge in [-0.15, -0.1) is 0 Å². The number of pyridine rings is 1. The number of carbonyl (C=O) groups is 1. The second-order valence-electron chi connectivity index (χ2n) is 7.32. The molecule has 1 aliphatic rings. The minimum absolute atomic E-state index is 0.0465. The number of amides is 2. The predicted molar refractivity (Wildman–Crippen MR) is 102 cm³/mol. The quantitative estimate of drug-likeness (QED) is 0.888. The Balaban J connectivity index is 1.56. The lowest BCUT2D eigenvalue weighted by Crippen LogP contribution is -2.59. The molecule has 0 saturated carbocycles. The van der Waals surface area contributed by atoms with Gasteiger partial charge in [-0.3, -0.25) is 4.98 Å². The van der Waals surface area contributed by atoms with E-state index in [0.29, 0.717) is 13.1 Å². The van der Waals surface area contributed by atoms with E-state index >= 15 is 0 Å². The maximum Gasteiger partial charge on any atom is 0.318 e. The Hall–Kier alpha value is -2.56. The van der Waals surface area contributed by atoms with Crippen LogP contribution in [0.3, 0.4) is 0 Å². The maximum atomic E-state index is 12.6. The van der Waals surface area contributed by atoms with Gasteiger partial charge in [0.05, 0.1) is 19.1 Å². The molecule has 1 aromatic carbocycles. The number of rotatable bonds is 5. The molecule has 1 aliphatic heterocycles. The number of urea groups is 1. The van der Waals surface area contributed by atoms with Crippen LogP contribution in [0.15, 0.2) is 42.7 Å². The SMILES string of the molecule is Cc1cccc(C)c1OC1CN(C(=O)NC(c2cccnc2)C(C)C)C1. The topological polar surface area (TPSA) is 54.5 Å². The van der Waals surface area contributed by atoms with Crippen LogP contribution in [-0.2, 0) is 0 Å². The first-order valence-corrected chi connectivity index (χ1v) is 9.14. The highest BCUT2D eigenvalue weighted by Crippen LogP contribution is 2.27. The van der Waals surface area contributed by atoms with E-state index in [9.17, 15) is 4.79 Å². The fourth-order valence-corrected chi connectivity index (χ4v) is 3.25. The summed E-state index contributed by atoms with van der Waals surface area (Å²) in [6, 6.07) is 9.93. The van der Waals surface area contributed by atoms with Crippen LogP contribution in [0.4, 0.5) is 4.79 Å². The number of carbonyl (C=O) groups excluding carboxylic acids is 1. The first kappa shape index (κ1) is 18.2. The molecular weight excluding hydrogens is 326 g/mol. The van der Waals surface area contributed by atoms with Crippen molar-refractivity contribution in [2.75, 3.05) is 13.1 Å². The molecule has 1 unspecified atom stereocenters. The van der Waals surface area contributed by atoms with E-state index in [0.717, 1.165) is 22.4 Å². The molecule has 1 N–H and O–H groups in total. The van der Waals surface area contributed by atoms with E-state index in [-0.39, 0.29) is 24.1 Å². The zero-order valence-corrected chi connectivity index (χ0v) is 15.9. The molecule has 1 atom stereocenters. The molecule has 0 radical (unpaired) electrons. The standard InChI is InChI=1S/C21H27N3O2/c1-14(2)19(17-9-6-10-22-11-17)23-21(25)24-12-18(13-24)26-20-15(3)7-5-8-16(20)4/h5-11,14,18-19H,12-13H2,1-4H3,(H,23,25). The van der Waals surface area contributed by atoms with Crippen LogP contribution in [0, 0.1) is 19.8 Å². The zero-order chi connectivity index (χ0) is 18.7. The Kier molecular flexibility index (Phi) is 5.45. The number of ether oxygens (including phenoxy) is 1. The third-order valence-corrected chi connectivity index (χ3v) is 4.82. The van der Waals surface area contributed by atoms with Gasteiger partial charge < -0.3 is 15.0 Å². The van der Waals surface area contributed by atoms with Gasteiger partial charge in [0.25, 0.3) is 0 Å². The number of hydrogen-bond donors (Lipinski definition) is 1. The molecule has 3 rings (SSSR count). The number of aryl methyl sites for hydroxylation is 2. The van der Waals surface area contributed by atoms with E-state index in [1.807, 2.05) is 50.4 Å². The summed E-state index contributed by atoms with van der Waals surface area (Å²) in [6.45, 7) is 9.51. The summed E-state index contributed by atoms with van der Waals surface area (Å²) in [4.78, 5) is 18.5. The van der Waals surface area contributed by atoms with E-state index in [2.05, 4.69) is 24.1 Å². The van der Waals surface area contributed by atoms with E-state index in [1.54, 1.807) is 11.1 Å². The Morgan fingerprint density at radius 1 is 1.19 bits per heavy atom. The number of likely N-dealkylation sites (tertiary alicyclic amines) is 1. The summed E-state index contributed by atoms with van der Waals surface area (Å²) in [5.74, 6) is 1.22. The number of nitrogens with zero attached hydrogens (tertiary/aromatic N) is 2. The normalized spacial score (nSPS) is 15.5. The van der Waals surface area contributed by atoms with Gasteiger partial charge in [0.2, 0.25) is 0 Å². The van der Waals surface area contributed by atoms with Crippen LogP contribution in [-0.4, -0.2) is 35.1 Å². The summed E-state index contributed by atoms with van der Waals surface area (Å²) in [5, 5.41) is 3.13. The van der Waals surface area contributed by atoms with Crippen molar-refractivity contribution in [1.29, 1.82) is 0 Å². The highest BCUT2D eigenvalue weighted by Gasteiger charge is 2.34. The lowest BCUT2D eigenvalue weighted by molar-refractivity contribution is 0.0419. The van der Waals surface area contributed by atoms with Gasteiger partial charge in [0, 0.05) is 12.4 Å². The molecule has 138 valence electrons. The van der Waals surface area contributed by atoms with Crippen molar-refractivity contribution in [2.24, 2.45) is 5.92 Å². The van der Waals surface area contributed by atoms with Crippen molar-refractivity contribution >= 4 is 6.03 Å². The zero-order valence-electron chi connectivity index (χ0n) is 15.9. The van der Waals surface area contributed by atoms with Crippen LogP contribution in [0.1, 0.15) is 36.6 Å². The van der Waals surface area contributed by atoms with Crippen molar-refractivity contribution in [3.05, 3.63) is 59.4 Å². The maximum absolute atomic E-state index is 12.6. The Morgan fingerprint density at radius 3 is 2.46 bits per heavy atom. The number of aromatic nitrogens is 1. The average molecular weight is 353 g/mol. The van der Waals surface area contributed by atoms with Crippen molar-refractivity contribution in [1.82, 2.24) is 15.2 Å². The van der Waals surface area contributed by atoms with Crippen molar-refractivity contribution in [3.63, 3.8) is 0 Å². The molecule has 0 bridgehead atoms. The summed E-state index contributed by atoms with van der Waals surface area (Å²) >= 11 is 0. The Labute approximate surface area is 155 Å². The largest absolute Gasteiger partial charge is 0.486 e. The average Bonchev–Trinajstić information content (AvgIpc) is 2.58. The van der Waals surface area contributed by atoms with Gasteiger partial charge in [0.15, 0.2) is 0 Å². The summed E-state index contributed by atoms with van der Waals surface area (Å²) in [5.41, 5.74) is 3.29. The third kappa shape index (κ3) is 3.98. The van der Waals surface area contributed by atoms with E-state index in [4.69, 9.17) is 4.74 Å². The molecule has 0 aliphatic carbocycles. The predicted octanol–water partition coefficient (Wildman–Crippen LogP) is 3.87. The Bertz CT molecular complexity index is 735. The minimum Gasteiger partial charge on any atom is -0.486 e. The van der Waals surface area contributed by atoms with Gasteiger partial charge >= 0.3 is 6.03 Å². The smallest absolute Gasteiger partial charge is 0.318 e. The number of para-hydroxylation sites is 1. The molecule has 26 heavy (non-hydrogen) atoms. The molecule has 2 amide bonds. The van der Waals surface area contributed by atoms with Gasteiger partial charge in [0.1, 0.15) is 11.9 Å². The molecule has 5 nitrogen and oxygen atoms in total. The highest BCUT2D eigenvalue weighted by atomic mass is 16.5. The third-order valence-electron chi connectivity index (χ3n) is 4.82. The first-order chi connectivity index (χ1) is 12.5. The van der Waals surface area contributed by atoms with Crippen LogP contribution < -0.4 is 10.1 Å². The summed E-state index contributed by atoms with van der Waals surface area (Å²) < 4.78 is 6.10.